The third-order valence-electron chi connectivity index (χ3n) is 2.57. The fraction of sp³-hybridized carbons (Fsp3) is 0.385. The Labute approximate surface area is 106 Å². The monoisotopic (exact) mass is 250 g/mol. The van der Waals surface area contributed by atoms with Crippen molar-refractivity contribution in [3.8, 4) is 5.75 Å². The van der Waals surface area contributed by atoms with Gasteiger partial charge in [-0.2, -0.15) is 0 Å². The topological polar surface area (TPSA) is 78.5 Å². The van der Waals surface area contributed by atoms with Crippen molar-refractivity contribution in [2.24, 2.45) is 0 Å². The molecule has 1 aromatic rings. The van der Waals surface area contributed by atoms with Gasteiger partial charge in [0.15, 0.2) is 0 Å². The number of hydrogen-bond acceptors (Lipinski definition) is 4. The molecule has 98 valence electrons. The SMILES string of the molecule is COc1ccc([C@H](CC(=O)[O-])NC(C)=O)cc1C. The molecule has 1 N–H and O–H groups in total. The van der Waals surface area contributed by atoms with Crippen molar-refractivity contribution in [3.63, 3.8) is 0 Å². The highest BCUT2D eigenvalue weighted by molar-refractivity contribution is 5.75. The number of ether oxygens (including phenoxy) is 1. The molecule has 18 heavy (non-hydrogen) atoms. The number of rotatable bonds is 5. The van der Waals surface area contributed by atoms with E-state index in [1.54, 1.807) is 25.3 Å². The second-order valence-electron chi connectivity index (χ2n) is 4.06. The Morgan fingerprint density at radius 1 is 1.44 bits per heavy atom. The summed E-state index contributed by atoms with van der Waals surface area (Å²) >= 11 is 0. The Hall–Kier alpha value is -2.04. The summed E-state index contributed by atoms with van der Waals surface area (Å²) in [6.45, 7) is 3.20. The van der Waals surface area contributed by atoms with Gasteiger partial charge in [-0.05, 0) is 24.1 Å². The van der Waals surface area contributed by atoms with Crippen LogP contribution in [0.1, 0.15) is 30.5 Å². The normalized spacial score (nSPS) is 11.7. The van der Waals surface area contributed by atoms with E-state index < -0.39 is 12.0 Å². The van der Waals surface area contributed by atoms with E-state index in [9.17, 15) is 14.7 Å². The molecule has 0 radical (unpaired) electrons. The predicted molar refractivity (Wildman–Crippen MR) is 63.9 cm³/mol. The minimum Gasteiger partial charge on any atom is -0.550 e. The number of carbonyl (C=O) groups is 2. The van der Waals surface area contributed by atoms with Crippen LogP contribution in [0.4, 0.5) is 0 Å². The molecule has 0 aliphatic rings. The van der Waals surface area contributed by atoms with Crippen LogP contribution >= 0.6 is 0 Å². The summed E-state index contributed by atoms with van der Waals surface area (Å²) in [5.41, 5.74) is 1.59. The lowest BCUT2D eigenvalue weighted by Crippen LogP contribution is -2.33. The Balaban J connectivity index is 3.00. The molecule has 0 saturated carbocycles. The van der Waals surface area contributed by atoms with E-state index in [0.717, 1.165) is 5.56 Å². The quantitative estimate of drug-likeness (QED) is 0.816. The Morgan fingerprint density at radius 2 is 2.11 bits per heavy atom. The molecule has 5 heteroatoms. The number of aryl methyl sites for hydroxylation is 1. The van der Waals surface area contributed by atoms with Gasteiger partial charge in [0.2, 0.25) is 5.91 Å². The molecule has 1 rings (SSSR count). The third kappa shape index (κ3) is 3.76. The minimum atomic E-state index is -1.21. The van der Waals surface area contributed by atoms with Crippen LogP contribution < -0.4 is 15.2 Å². The van der Waals surface area contributed by atoms with Gasteiger partial charge < -0.3 is 20.0 Å². The Bertz CT molecular complexity index is 440. The van der Waals surface area contributed by atoms with Crippen LogP contribution in [0.3, 0.4) is 0 Å². The Morgan fingerprint density at radius 3 is 2.56 bits per heavy atom. The van der Waals surface area contributed by atoms with Crippen LogP contribution in [0.25, 0.3) is 0 Å². The standard InChI is InChI=1S/C13H17NO4/c1-8-6-10(4-5-12(8)18-3)11(7-13(16)17)14-9(2)15/h4-6,11H,7H2,1-3H3,(H,14,15)(H,16,17)/p-1/t11-/m0/s1. The number of benzene rings is 1. The molecule has 0 fully saturated rings. The second-order valence-corrected chi connectivity index (χ2v) is 4.06. The summed E-state index contributed by atoms with van der Waals surface area (Å²) in [4.78, 5) is 21.8. The van der Waals surface area contributed by atoms with Gasteiger partial charge in [-0.25, -0.2) is 0 Å². The van der Waals surface area contributed by atoms with Gasteiger partial charge in [0.25, 0.3) is 0 Å². The smallest absolute Gasteiger partial charge is 0.217 e. The summed E-state index contributed by atoms with van der Waals surface area (Å²) < 4.78 is 5.13. The van der Waals surface area contributed by atoms with E-state index in [0.29, 0.717) is 11.3 Å². The van der Waals surface area contributed by atoms with Crippen LogP contribution in [-0.2, 0) is 9.59 Å². The predicted octanol–water partition coefficient (Wildman–Crippen LogP) is 0.321. The summed E-state index contributed by atoms with van der Waals surface area (Å²) in [6, 6.07) is 4.68. The van der Waals surface area contributed by atoms with Crippen LogP contribution in [0.2, 0.25) is 0 Å². The van der Waals surface area contributed by atoms with Gasteiger partial charge in [0.05, 0.1) is 13.2 Å². The zero-order chi connectivity index (χ0) is 13.7. The van der Waals surface area contributed by atoms with Gasteiger partial charge in [-0.3, -0.25) is 4.79 Å². The van der Waals surface area contributed by atoms with E-state index in [1.807, 2.05) is 6.92 Å². The fourth-order valence-electron chi connectivity index (χ4n) is 1.78. The summed E-state index contributed by atoms with van der Waals surface area (Å²) in [6.07, 6.45) is -0.259. The largest absolute Gasteiger partial charge is 0.550 e. The number of carboxylic acid groups (broad SMARTS) is 1. The lowest BCUT2D eigenvalue weighted by Gasteiger charge is -2.20. The van der Waals surface area contributed by atoms with Crippen molar-refractivity contribution in [2.45, 2.75) is 26.3 Å². The van der Waals surface area contributed by atoms with E-state index in [2.05, 4.69) is 5.32 Å². The van der Waals surface area contributed by atoms with Crippen LogP contribution in [0.5, 0.6) is 5.75 Å². The number of amides is 1. The zero-order valence-corrected chi connectivity index (χ0v) is 10.6. The summed E-state index contributed by atoms with van der Waals surface area (Å²) in [7, 11) is 1.56. The van der Waals surface area contributed by atoms with Crippen LogP contribution in [-0.4, -0.2) is 19.0 Å². The molecular formula is C13H16NO4-. The van der Waals surface area contributed by atoms with Gasteiger partial charge in [0, 0.05) is 19.3 Å². The van der Waals surface area contributed by atoms with Crippen LogP contribution in [0.15, 0.2) is 18.2 Å². The minimum absolute atomic E-state index is 0.259. The van der Waals surface area contributed by atoms with E-state index in [1.165, 1.54) is 6.92 Å². The van der Waals surface area contributed by atoms with Gasteiger partial charge in [-0.15, -0.1) is 0 Å². The lowest BCUT2D eigenvalue weighted by molar-refractivity contribution is -0.306. The molecule has 0 aliphatic heterocycles. The van der Waals surface area contributed by atoms with Crippen molar-refractivity contribution in [3.05, 3.63) is 29.3 Å². The maximum absolute atomic E-state index is 11.1. The van der Waals surface area contributed by atoms with Gasteiger partial charge >= 0.3 is 0 Å². The average molecular weight is 250 g/mol. The number of methoxy groups -OCH3 is 1. The molecule has 0 aromatic heterocycles. The summed E-state index contributed by atoms with van der Waals surface area (Å²) in [5.74, 6) is -0.772. The molecular weight excluding hydrogens is 234 g/mol. The molecule has 1 amide bonds. The van der Waals surface area contributed by atoms with E-state index in [4.69, 9.17) is 4.74 Å². The fourth-order valence-corrected chi connectivity index (χ4v) is 1.78. The number of carbonyl (C=O) groups excluding carboxylic acids is 2. The zero-order valence-electron chi connectivity index (χ0n) is 10.6. The molecule has 0 unspecified atom stereocenters. The van der Waals surface area contributed by atoms with Crippen molar-refractivity contribution < 1.29 is 19.4 Å². The van der Waals surface area contributed by atoms with Crippen molar-refractivity contribution in [1.29, 1.82) is 0 Å². The van der Waals surface area contributed by atoms with Crippen molar-refractivity contribution in [1.82, 2.24) is 5.32 Å². The van der Waals surface area contributed by atoms with Crippen LogP contribution in [0, 0.1) is 6.92 Å². The average Bonchev–Trinajstić information content (AvgIpc) is 2.26. The van der Waals surface area contributed by atoms with E-state index >= 15 is 0 Å². The Kier molecular flexibility index (Phi) is 4.71. The maximum atomic E-state index is 11.1. The molecule has 0 spiro atoms. The molecule has 1 atom stereocenters. The van der Waals surface area contributed by atoms with E-state index in [-0.39, 0.29) is 12.3 Å². The highest BCUT2D eigenvalue weighted by atomic mass is 16.5. The number of carboxylic acids is 1. The number of hydrogen-bond donors (Lipinski definition) is 1. The molecule has 1 aromatic carbocycles. The lowest BCUT2D eigenvalue weighted by atomic mass is 10.0. The molecule has 0 saturated heterocycles. The highest BCUT2D eigenvalue weighted by Gasteiger charge is 2.14. The molecule has 0 aliphatic carbocycles. The highest BCUT2D eigenvalue weighted by Crippen LogP contribution is 2.24. The first-order valence-corrected chi connectivity index (χ1v) is 5.55. The maximum Gasteiger partial charge on any atom is 0.217 e. The number of aliphatic carboxylic acids is 1. The molecule has 5 nitrogen and oxygen atoms in total. The van der Waals surface area contributed by atoms with Crippen molar-refractivity contribution in [2.75, 3.05) is 7.11 Å². The first-order valence-electron chi connectivity index (χ1n) is 5.55. The molecule has 0 bridgehead atoms. The third-order valence-corrected chi connectivity index (χ3v) is 2.57. The van der Waals surface area contributed by atoms with Gasteiger partial charge in [-0.1, -0.05) is 12.1 Å². The van der Waals surface area contributed by atoms with Gasteiger partial charge in [0.1, 0.15) is 5.75 Å². The number of nitrogens with one attached hydrogen (secondary N) is 1. The summed E-state index contributed by atoms with van der Waals surface area (Å²) in [5, 5.41) is 13.3. The second kappa shape index (κ2) is 6.05. The van der Waals surface area contributed by atoms with Crippen molar-refractivity contribution >= 4 is 11.9 Å². The molecule has 0 heterocycles. The first-order chi connectivity index (χ1) is 8.43. The first kappa shape index (κ1) is 14.0.